The topological polar surface area (TPSA) is 47.9 Å². The van der Waals surface area contributed by atoms with Crippen molar-refractivity contribution in [2.75, 3.05) is 20.8 Å². The molecule has 0 amide bonds. The molecule has 1 fully saturated rings. The Kier molecular flexibility index (Phi) is 3.46. The van der Waals surface area contributed by atoms with Crippen LogP contribution in [0.3, 0.4) is 0 Å². The lowest BCUT2D eigenvalue weighted by Gasteiger charge is -2.22. The molecule has 0 aliphatic carbocycles. The van der Waals surface area contributed by atoms with Crippen LogP contribution in [-0.2, 0) is 14.2 Å². The van der Waals surface area contributed by atoms with Crippen molar-refractivity contribution in [1.82, 2.24) is 0 Å². The largest absolute Gasteiger partial charge is 0.391 e. The third kappa shape index (κ3) is 1.77. The molecule has 0 bridgehead atoms. The Balaban J connectivity index is 2.56. The van der Waals surface area contributed by atoms with E-state index in [1.54, 1.807) is 21.1 Å². The van der Waals surface area contributed by atoms with Crippen LogP contribution in [0.5, 0.6) is 0 Å². The fraction of sp³-hybridized carbons (Fsp3) is 1.00. The second-order valence-corrected chi connectivity index (χ2v) is 3.01. The summed E-state index contributed by atoms with van der Waals surface area (Å²) in [6, 6.07) is 0. The number of aliphatic hydroxyl groups is 1. The van der Waals surface area contributed by atoms with Crippen LogP contribution in [0, 0.1) is 0 Å². The average Bonchev–Trinajstić information content (AvgIpc) is 2.46. The Morgan fingerprint density at radius 3 is 2.50 bits per heavy atom. The van der Waals surface area contributed by atoms with Crippen LogP contribution in [0.1, 0.15) is 6.92 Å². The summed E-state index contributed by atoms with van der Waals surface area (Å²) < 4.78 is 15.6. The van der Waals surface area contributed by atoms with E-state index < -0.39 is 6.10 Å². The minimum atomic E-state index is -0.518. The third-order valence-corrected chi connectivity index (χ3v) is 2.19. The summed E-state index contributed by atoms with van der Waals surface area (Å²) >= 11 is 0. The summed E-state index contributed by atoms with van der Waals surface area (Å²) in [6.07, 6.45) is -1.00. The zero-order chi connectivity index (χ0) is 9.14. The van der Waals surface area contributed by atoms with Crippen molar-refractivity contribution in [2.24, 2.45) is 0 Å². The molecule has 4 atom stereocenters. The molecule has 0 aromatic rings. The van der Waals surface area contributed by atoms with E-state index in [9.17, 15) is 5.11 Å². The fourth-order valence-corrected chi connectivity index (χ4v) is 1.51. The maximum absolute atomic E-state index is 9.31. The Labute approximate surface area is 72.4 Å². The second kappa shape index (κ2) is 4.18. The van der Waals surface area contributed by atoms with Crippen LogP contribution in [0.25, 0.3) is 0 Å². The van der Waals surface area contributed by atoms with Crippen molar-refractivity contribution in [2.45, 2.75) is 31.3 Å². The summed E-state index contributed by atoms with van der Waals surface area (Å²) in [5.74, 6) is 0. The van der Waals surface area contributed by atoms with Crippen LogP contribution in [0.15, 0.2) is 0 Å². The maximum Gasteiger partial charge on any atom is 0.114 e. The van der Waals surface area contributed by atoms with Crippen LogP contribution in [-0.4, -0.2) is 50.3 Å². The van der Waals surface area contributed by atoms with E-state index in [0.717, 1.165) is 0 Å². The Morgan fingerprint density at radius 2 is 2.08 bits per heavy atom. The highest BCUT2D eigenvalue weighted by Gasteiger charge is 2.40. The molecule has 1 rings (SSSR count). The highest BCUT2D eigenvalue weighted by molar-refractivity contribution is 4.88. The monoisotopic (exact) mass is 176 g/mol. The van der Waals surface area contributed by atoms with Crippen molar-refractivity contribution in [3.63, 3.8) is 0 Å². The number of ether oxygens (including phenoxy) is 3. The van der Waals surface area contributed by atoms with Gasteiger partial charge in [0.1, 0.15) is 18.3 Å². The lowest BCUT2D eigenvalue weighted by Crippen LogP contribution is -2.39. The number of methoxy groups -OCH3 is 2. The molecule has 12 heavy (non-hydrogen) atoms. The molecule has 0 aromatic carbocycles. The first-order valence-electron chi connectivity index (χ1n) is 4.06. The van der Waals surface area contributed by atoms with Crippen molar-refractivity contribution in [1.29, 1.82) is 0 Å². The molecule has 1 aliphatic rings. The third-order valence-electron chi connectivity index (χ3n) is 2.19. The predicted molar refractivity (Wildman–Crippen MR) is 43.0 cm³/mol. The molecule has 0 spiro atoms. The number of hydrogen-bond acceptors (Lipinski definition) is 4. The molecule has 4 unspecified atom stereocenters. The summed E-state index contributed by atoms with van der Waals surface area (Å²) in [5.41, 5.74) is 0. The standard InChI is InChI=1S/C8H16O4/c1-5(9)7-8(11-3)6(10-2)4-12-7/h5-9H,4H2,1-3H3. The van der Waals surface area contributed by atoms with E-state index in [1.165, 1.54) is 0 Å². The van der Waals surface area contributed by atoms with Gasteiger partial charge in [-0.15, -0.1) is 0 Å². The SMILES string of the molecule is COC1COC(C(C)O)C1OC. The van der Waals surface area contributed by atoms with Crippen LogP contribution < -0.4 is 0 Å². The highest BCUT2D eigenvalue weighted by Crippen LogP contribution is 2.21. The molecular formula is C8H16O4. The average molecular weight is 176 g/mol. The van der Waals surface area contributed by atoms with Gasteiger partial charge in [0.15, 0.2) is 0 Å². The molecule has 72 valence electrons. The van der Waals surface area contributed by atoms with Crippen LogP contribution in [0.4, 0.5) is 0 Å². The van der Waals surface area contributed by atoms with E-state index in [2.05, 4.69) is 0 Å². The second-order valence-electron chi connectivity index (χ2n) is 3.01. The number of aliphatic hydroxyl groups excluding tert-OH is 1. The highest BCUT2D eigenvalue weighted by atomic mass is 16.6. The fourth-order valence-electron chi connectivity index (χ4n) is 1.51. The molecule has 0 radical (unpaired) electrons. The van der Waals surface area contributed by atoms with Gasteiger partial charge in [0.05, 0.1) is 12.7 Å². The van der Waals surface area contributed by atoms with Gasteiger partial charge in [-0.3, -0.25) is 0 Å². The van der Waals surface area contributed by atoms with Crippen LogP contribution in [0.2, 0.25) is 0 Å². The number of rotatable bonds is 3. The van der Waals surface area contributed by atoms with E-state index >= 15 is 0 Å². The van der Waals surface area contributed by atoms with Gasteiger partial charge in [-0.2, -0.15) is 0 Å². The van der Waals surface area contributed by atoms with Crippen molar-refractivity contribution < 1.29 is 19.3 Å². The lowest BCUT2D eigenvalue weighted by atomic mass is 10.1. The number of hydrogen-bond donors (Lipinski definition) is 1. The van der Waals surface area contributed by atoms with Gasteiger partial charge in [0, 0.05) is 14.2 Å². The van der Waals surface area contributed by atoms with E-state index in [4.69, 9.17) is 14.2 Å². The molecule has 1 saturated heterocycles. The predicted octanol–water partition coefficient (Wildman–Crippen LogP) is -0.204. The van der Waals surface area contributed by atoms with E-state index in [0.29, 0.717) is 6.61 Å². The molecule has 1 N–H and O–H groups in total. The molecule has 0 aromatic heterocycles. The Morgan fingerprint density at radius 1 is 1.42 bits per heavy atom. The van der Waals surface area contributed by atoms with Gasteiger partial charge in [-0.1, -0.05) is 0 Å². The molecule has 4 heteroatoms. The van der Waals surface area contributed by atoms with Gasteiger partial charge in [0.2, 0.25) is 0 Å². The van der Waals surface area contributed by atoms with E-state index in [1.807, 2.05) is 0 Å². The molecule has 1 heterocycles. The summed E-state index contributed by atoms with van der Waals surface area (Å²) in [7, 11) is 3.21. The Bertz CT molecular complexity index is 137. The van der Waals surface area contributed by atoms with Crippen molar-refractivity contribution in [3.05, 3.63) is 0 Å². The van der Waals surface area contributed by atoms with Gasteiger partial charge in [0.25, 0.3) is 0 Å². The lowest BCUT2D eigenvalue weighted by molar-refractivity contribution is -0.0645. The van der Waals surface area contributed by atoms with Crippen molar-refractivity contribution >= 4 is 0 Å². The van der Waals surface area contributed by atoms with Gasteiger partial charge in [-0.25, -0.2) is 0 Å². The van der Waals surface area contributed by atoms with Crippen molar-refractivity contribution in [3.8, 4) is 0 Å². The van der Waals surface area contributed by atoms with E-state index in [-0.39, 0.29) is 18.3 Å². The van der Waals surface area contributed by atoms with Gasteiger partial charge >= 0.3 is 0 Å². The summed E-state index contributed by atoms with van der Waals surface area (Å²) in [4.78, 5) is 0. The first kappa shape index (κ1) is 9.92. The smallest absolute Gasteiger partial charge is 0.114 e. The van der Waals surface area contributed by atoms with Crippen LogP contribution >= 0.6 is 0 Å². The Hall–Kier alpha value is -0.160. The first-order valence-corrected chi connectivity index (χ1v) is 4.06. The molecule has 0 saturated carbocycles. The summed E-state index contributed by atoms with van der Waals surface area (Å²) in [6.45, 7) is 2.18. The molecule has 1 aliphatic heterocycles. The molecular weight excluding hydrogens is 160 g/mol. The normalized spacial score (nSPS) is 38.5. The zero-order valence-corrected chi connectivity index (χ0v) is 7.69. The quantitative estimate of drug-likeness (QED) is 0.646. The minimum Gasteiger partial charge on any atom is -0.391 e. The molecule has 4 nitrogen and oxygen atoms in total. The van der Waals surface area contributed by atoms with Gasteiger partial charge in [-0.05, 0) is 6.92 Å². The first-order chi connectivity index (χ1) is 5.70. The minimum absolute atomic E-state index is 0.0606. The van der Waals surface area contributed by atoms with Gasteiger partial charge < -0.3 is 19.3 Å². The zero-order valence-electron chi connectivity index (χ0n) is 7.69. The maximum atomic E-state index is 9.31. The summed E-state index contributed by atoms with van der Waals surface area (Å²) in [5, 5.41) is 9.31.